The van der Waals surface area contributed by atoms with Crippen LogP contribution in [0.4, 0.5) is 0 Å². The van der Waals surface area contributed by atoms with E-state index in [2.05, 4.69) is 43.3 Å². The third kappa shape index (κ3) is 4.57. The van der Waals surface area contributed by atoms with Gasteiger partial charge in [-0.2, -0.15) is 0 Å². The quantitative estimate of drug-likeness (QED) is 0.695. The molecule has 2 rings (SSSR count). The normalized spacial score (nSPS) is 12.2. The van der Waals surface area contributed by atoms with Crippen molar-refractivity contribution < 1.29 is 4.74 Å². The monoisotopic (exact) mass is 288 g/mol. The van der Waals surface area contributed by atoms with Gasteiger partial charge in [-0.15, -0.1) is 11.6 Å². The molecule has 0 aromatic heterocycles. The van der Waals surface area contributed by atoms with Crippen molar-refractivity contribution in [2.45, 2.75) is 31.6 Å². The van der Waals surface area contributed by atoms with Crippen LogP contribution in [0.5, 0.6) is 5.75 Å². The number of alkyl halides is 1. The molecule has 2 aromatic carbocycles. The Balaban J connectivity index is 1.83. The maximum Gasteiger partial charge on any atom is 0.118 e. The van der Waals surface area contributed by atoms with Crippen molar-refractivity contribution in [3.8, 4) is 5.75 Å². The van der Waals surface area contributed by atoms with Gasteiger partial charge in [0.2, 0.25) is 0 Å². The Morgan fingerprint density at radius 3 is 2.45 bits per heavy atom. The minimum Gasteiger partial charge on any atom is -0.497 e. The molecule has 1 atom stereocenters. The standard InChI is InChI=1S/C18H21ClO/c1-14-4-3-5-16(12-14)13-17(19)9-6-15-7-10-18(20-2)11-8-15/h3-5,7-8,10-12,17H,6,9,13H2,1-2H3. The molecule has 0 aliphatic rings. The van der Waals surface area contributed by atoms with E-state index in [9.17, 15) is 0 Å². The highest BCUT2D eigenvalue weighted by Crippen LogP contribution is 2.17. The Kier molecular flexibility index (Phi) is 5.49. The predicted molar refractivity (Wildman–Crippen MR) is 85.8 cm³/mol. The van der Waals surface area contributed by atoms with Gasteiger partial charge in [-0.1, -0.05) is 42.0 Å². The van der Waals surface area contributed by atoms with Gasteiger partial charge >= 0.3 is 0 Å². The molecule has 0 N–H and O–H groups in total. The minimum absolute atomic E-state index is 0.180. The number of rotatable bonds is 6. The number of hydrogen-bond acceptors (Lipinski definition) is 1. The molecule has 1 unspecified atom stereocenters. The lowest BCUT2D eigenvalue weighted by Gasteiger charge is -2.10. The maximum atomic E-state index is 6.45. The van der Waals surface area contributed by atoms with Crippen molar-refractivity contribution in [1.82, 2.24) is 0 Å². The number of benzene rings is 2. The molecule has 106 valence electrons. The summed E-state index contributed by atoms with van der Waals surface area (Å²) in [7, 11) is 1.69. The van der Waals surface area contributed by atoms with Crippen LogP contribution in [0.2, 0.25) is 0 Å². The van der Waals surface area contributed by atoms with E-state index < -0.39 is 0 Å². The first-order chi connectivity index (χ1) is 9.67. The van der Waals surface area contributed by atoms with Crippen LogP contribution in [0.15, 0.2) is 48.5 Å². The second kappa shape index (κ2) is 7.35. The topological polar surface area (TPSA) is 9.23 Å². The van der Waals surface area contributed by atoms with Crippen molar-refractivity contribution in [1.29, 1.82) is 0 Å². The molecule has 0 fully saturated rings. The highest BCUT2D eigenvalue weighted by atomic mass is 35.5. The van der Waals surface area contributed by atoms with Crippen LogP contribution in [-0.4, -0.2) is 12.5 Å². The highest BCUT2D eigenvalue weighted by molar-refractivity contribution is 6.20. The third-order valence-electron chi connectivity index (χ3n) is 3.44. The zero-order valence-corrected chi connectivity index (χ0v) is 12.9. The smallest absolute Gasteiger partial charge is 0.118 e. The summed E-state index contributed by atoms with van der Waals surface area (Å²) in [5.41, 5.74) is 3.92. The van der Waals surface area contributed by atoms with Crippen LogP contribution in [0.1, 0.15) is 23.1 Å². The lowest BCUT2D eigenvalue weighted by Crippen LogP contribution is -2.05. The first-order valence-electron chi connectivity index (χ1n) is 7.00. The summed E-state index contributed by atoms with van der Waals surface area (Å²) >= 11 is 6.45. The molecule has 0 radical (unpaired) electrons. The van der Waals surface area contributed by atoms with Crippen LogP contribution in [0.3, 0.4) is 0 Å². The fourth-order valence-electron chi connectivity index (χ4n) is 2.31. The fourth-order valence-corrected chi connectivity index (χ4v) is 2.60. The SMILES string of the molecule is COc1ccc(CCC(Cl)Cc2cccc(C)c2)cc1. The summed E-state index contributed by atoms with van der Waals surface area (Å²) in [5.74, 6) is 0.899. The van der Waals surface area contributed by atoms with Gasteiger partial charge in [-0.05, 0) is 49.4 Å². The van der Waals surface area contributed by atoms with Gasteiger partial charge < -0.3 is 4.74 Å². The van der Waals surface area contributed by atoms with Gasteiger partial charge in [0.15, 0.2) is 0 Å². The van der Waals surface area contributed by atoms with E-state index in [4.69, 9.17) is 16.3 Å². The molecule has 0 aliphatic heterocycles. The van der Waals surface area contributed by atoms with E-state index in [-0.39, 0.29) is 5.38 Å². The molecule has 2 heteroatoms. The molecule has 2 aromatic rings. The Morgan fingerprint density at radius 2 is 1.80 bits per heavy atom. The summed E-state index contributed by atoms with van der Waals surface area (Å²) in [6.07, 6.45) is 2.92. The largest absolute Gasteiger partial charge is 0.497 e. The van der Waals surface area contributed by atoms with Crippen LogP contribution in [0.25, 0.3) is 0 Å². The van der Waals surface area contributed by atoms with Gasteiger partial charge in [0.1, 0.15) is 5.75 Å². The van der Waals surface area contributed by atoms with Crippen LogP contribution >= 0.6 is 11.6 Å². The van der Waals surface area contributed by atoms with Crippen molar-refractivity contribution in [3.05, 3.63) is 65.2 Å². The minimum atomic E-state index is 0.180. The Bertz CT molecular complexity index is 533. The summed E-state index contributed by atoms with van der Waals surface area (Å²) in [6, 6.07) is 16.8. The average molecular weight is 289 g/mol. The Labute approximate surface area is 126 Å². The Hall–Kier alpha value is -1.47. The van der Waals surface area contributed by atoms with Gasteiger partial charge in [0.25, 0.3) is 0 Å². The van der Waals surface area contributed by atoms with Crippen molar-refractivity contribution in [2.75, 3.05) is 7.11 Å². The molecule has 0 saturated carbocycles. The molecule has 0 spiro atoms. The van der Waals surface area contributed by atoms with Gasteiger partial charge in [-0.3, -0.25) is 0 Å². The number of halogens is 1. The van der Waals surface area contributed by atoms with E-state index >= 15 is 0 Å². The summed E-state index contributed by atoms with van der Waals surface area (Å²) in [4.78, 5) is 0. The molecule has 0 bridgehead atoms. The summed E-state index contributed by atoms with van der Waals surface area (Å²) in [5, 5.41) is 0.180. The number of ether oxygens (including phenoxy) is 1. The van der Waals surface area contributed by atoms with Crippen molar-refractivity contribution >= 4 is 11.6 Å². The van der Waals surface area contributed by atoms with Crippen LogP contribution in [-0.2, 0) is 12.8 Å². The van der Waals surface area contributed by atoms with E-state index in [1.54, 1.807) is 7.11 Å². The summed E-state index contributed by atoms with van der Waals surface area (Å²) < 4.78 is 5.16. The molecular formula is C18H21ClO. The van der Waals surface area contributed by atoms with Crippen LogP contribution < -0.4 is 4.74 Å². The first-order valence-corrected chi connectivity index (χ1v) is 7.43. The molecule has 0 heterocycles. The second-order valence-corrected chi connectivity index (χ2v) is 5.79. The molecule has 1 nitrogen and oxygen atoms in total. The first kappa shape index (κ1) is 14.9. The van der Waals surface area contributed by atoms with Crippen LogP contribution in [0, 0.1) is 6.92 Å². The van der Waals surface area contributed by atoms with Crippen molar-refractivity contribution in [2.24, 2.45) is 0 Å². The number of aryl methyl sites for hydroxylation is 2. The average Bonchev–Trinajstić information content (AvgIpc) is 2.46. The third-order valence-corrected chi connectivity index (χ3v) is 3.82. The number of hydrogen-bond donors (Lipinski definition) is 0. The lowest BCUT2D eigenvalue weighted by atomic mass is 10.0. The number of methoxy groups -OCH3 is 1. The zero-order valence-electron chi connectivity index (χ0n) is 12.1. The van der Waals surface area contributed by atoms with E-state index in [1.165, 1.54) is 16.7 Å². The van der Waals surface area contributed by atoms with Crippen molar-refractivity contribution in [3.63, 3.8) is 0 Å². The summed E-state index contributed by atoms with van der Waals surface area (Å²) in [6.45, 7) is 2.12. The van der Waals surface area contributed by atoms with Gasteiger partial charge in [0, 0.05) is 5.38 Å². The van der Waals surface area contributed by atoms with Gasteiger partial charge in [0.05, 0.1) is 7.11 Å². The van der Waals surface area contributed by atoms with E-state index in [0.717, 1.165) is 25.0 Å². The lowest BCUT2D eigenvalue weighted by molar-refractivity contribution is 0.414. The molecule has 0 amide bonds. The predicted octanol–water partition coefficient (Wildman–Crippen LogP) is 4.79. The zero-order chi connectivity index (χ0) is 14.4. The fraction of sp³-hybridized carbons (Fsp3) is 0.333. The molecular weight excluding hydrogens is 268 g/mol. The van der Waals surface area contributed by atoms with Gasteiger partial charge in [-0.25, -0.2) is 0 Å². The maximum absolute atomic E-state index is 6.45. The second-order valence-electron chi connectivity index (χ2n) is 5.18. The Morgan fingerprint density at radius 1 is 1.05 bits per heavy atom. The molecule has 20 heavy (non-hydrogen) atoms. The highest BCUT2D eigenvalue weighted by Gasteiger charge is 2.07. The van der Waals surface area contributed by atoms with E-state index in [1.807, 2.05) is 12.1 Å². The molecule has 0 saturated heterocycles. The molecule has 0 aliphatic carbocycles. The van der Waals surface area contributed by atoms with E-state index in [0.29, 0.717) is 0 Å².